The third kappa shape index (κ3) is 4.23. The summed E-state index contributed by atoms with van der Waals surface area (Å²) < 4.78 is 7.30. The Bertz CT molecular complexity index is 1110. The molecule has 2 amide bonds. The molecular weight excluding hydrogens is 416 g/mol. The molecule has 0 atom stereocenters. The molecule has 0 saturated carbocycles. The van der Waals surface area contributed by atoms with Crippen LogP contribution >= 0.6 is 11.6 Å². The number of para-hydroxylation sites is 1. The lowest BCUT2D eigenvalue weighted by atomic mass is 10.2. The van der Waals surface area contributed by atoms with Gasteiger partial charge in [-0.25, -0.2) is 4.79 Å². The van der Waals surface area contributed by atoms with Crippen LogP contribution in [0.2, 0.25) is 5.15 Å². The minimum Gasteiger partial charge on any atom is -0.444 e. The molecule has 3 aromatic rings. The van der Waals surface area contributed by atoms with Gasteiger partial charge in [0.1, 0.15) is 10.8 Å². The molecule has 1 aromatic carbocycles. The van der Waals surface area contributed by atoms with Gasteiger partial charge in [-0.15, -0.1) is 0 Å². The molecule has 4 rings (SSSR count). The number of nitrogens with zero attached hydrogens (tertiary/aromatic N) is 4. The van der Waals surface area contributed by atoms with Crippen molar-refractivity contribution in [1.29, 1.82) is 0 Å². The van der Waals surface area contributed by atoms with Gasteiger partial charge in [0, 0.05) is 49.6 Å². The molecule has 0 N–H and O–H groups in total. The number of carbonyl (C=O) groups excluding carboxylic acids is 2. The SMILES string of the molecule is CC(C)(C)OC(=O)N1CCN(C(=O)c2c(Cl)n(-c3ccccc3)c3ccncc23)CC1. The highest BCUT2D eigenvalue weighted by atomic mass is 35.5. The quantitative estimate of drug-likeness (QED) is 0.593. The first-order valence-electron chi connectivity index (χ1n) is 10.2. The van der Waals surface area contributed by atoms with Gasteiger partial charge in [-0.2, -0.15) is 0 Å². The first-order valence-corrected chi connectivity index (χ1v) is 10.6. The predicted molar refractivity (Wildman–Crippen MR) is 120 cm³/mol. The number of aromatic nitrogens is 2. The molecule has 1 aliphatic rings. The normalized spacial score (nSPS) is 14.7. The molecule has 0 aliphatic carbocycles. The van der Waals surface area contributed by atoms with Crippen LogP contribution in [0.3, 0.4) is 0 Å². The van der Waals surface area contributed by atoms with Crippen molar-refractivity contribution in [2.45, 2.75) is 26.4 Å². The van der Waals surface area contributed by atoms with Gasteiger partial charge in [0.2, 0.25) is 0 Å². The van der Waals surface area contributed by atoms with Crippen molar-refractivity contribution in [2.75, 3.05) is 26.2 Å². The maximum Gasteiger partial charge on any atom is 0.410 e. The standard InChI is InChI=1S/C23H25ClN4O3/c1-23(2,3)31-22(30)27-13-11-26(12-14-27)21(29)19-17-15-25-10-9-18(17)28(20(19)24)16-7-5-4-6-8-16/h4-10,15H,11-14H2,1-3H3. The summed E-state index contributed by atoms with van der Waals surface area (Å²) in [6.07, 6.45) is 3.00. The highest BCUT2D eigenvalue weighted by Gasteiger charge is 2.31. The third-order valence-electron chi connectivity index (χ3n) is 5.16. The highest BCUT2D eigenvalue weighted by Crippen LogP contribution is 2.33. The van der Waals surface area contributed by atoms with Crippen molar-refractivity contribution in [3.63, 3.8) is 0 Å². The number of ether oxygens (including phenoxy) is 1. The van der Waals surface area contributed by atoms with E-state index in [0.717, 1.165) is 11.2 Å². The van der Waals surface area contributed by atoms with Crippen molar-refractivity contribution in [3.05, 3.63) is 59.5 Å². The fourth-order valence-corrected chi connectivity index (χ4v) is 4.08. The van der Waals surface area contributed by atoms with Gasteiger partial charge in [-0.1, -0.05) is 29.8 Å². The third-order valence-corrected chi connectivity index (χ3v) is 5.52. The van der Waals surface area contributed by atoms with Crippen LogP contribution in [-0.4, -0.2) is 63.1 Å². The van der Waals surface area contributed by atoms with Crippen molar-refractivity contribution >= 4 is 34.5 Å². The Balaban J connectivity index is 1.60. The predicted octanol–water partition coefficient (Wildman–Crippen LogP) is 4.37. The molecule has 0 radical (unpaired) electrons. The summed E-state index contributed by atoms with van der Waals surface area (Å²) in [6.45, 7) is 7.15. The second-order valence-corrected chi connectivity index (χ2v) is 8.85. The fraction of sp³-hybridized carbons (Fsp3) is 0.348. The Hall–Kier alpha value is -3.06. The second kappa shape index (κ2) is 8.23. The molecule has 31 heavy (non-hydrogen) atoms. The van der Waals surface area contributed by atoms with Crippen LogP contribution in [0.15, 0.2) is 48.8 Å². The van der Waals surface area contributed by atoms with E-state index >= 15 is 0 Å². The summed E-state index contributed by atoms with van der Waals surface area (Å²) in [5, 5.41) is 1.06. The van der Waals surface area contributed by atoms with Crippen LogP contribution in [0, 0.1) is 0 Å². The van der Waals surface area contributed by atoms with Crippen molar-refractivity contribution in [2.24, 2.45) is 0 Å². The van der Waals surface area contributed by atoms with E-state index in [2.05, 4.69) is 4.98 Å². The molecule has 7 nitrogen and oxygen atoms in total. The smallest absolute Gasteiger partial charge is 0.410 e. The average molecular weight is 441 g/mol. The second-order valence-electron chi connectivity index (χ2n) is 8.49. The summed E-state index contributed by atoms with van der Waals surface area (Å²) in [4.78, 5) is 33.3. The number of fused-ring (bicyclic) bond motifs is 1. The van der Waals surface area contributed by atoms with Crippen LogP contribution in [-0.2, 0) is 4.74 Å². The number of benzene rings is 1. The number of piperazine rings is 1. The molecule has 0 unspecified atom stereocenters. The molecule has 162 valence electrons. The minimum absolute atomic E-state index is 0.165. The molecule has 8 heteroatoms. The maximum absolute atomic E-state index is 13.5. The summed E-state index contributed by atoms with van der Waals surface area (Å²) in [5.41, 5.74) is 1.57. The number of pyridine rings is 1. The van der Waals surface area contributed by atoms with E-state index in [1.54, 1.807) is 22.2 Å². The number of hydrogen-bond acceptors (Lipinski definition) is 4. The molecule has 1 saturated heterocycles. The van der Waals surface area contributed by atoms with E-state index in [0.29, 0.717) is 42.3 Å². The van der Waals surface area contributed by atoms with Gasteiger partial charge < -0.3 is 14.5 Å². The van der Waals surface area contributed by atoms with E-state index in [-0.39, 0.29) is 12.0 Å². The maximum atomic E-state index is 13.5. The molecule has 3 heterocycles. The van der Waals surface area contributed by atoms with Crippen LogP contribution in [0.5, 0.6) is 0 Å². The molecule has 1 fully saturated rings. The van der Waals surface area contributed by atoms with E-state index < -0.39 is 5.60 Å². The van der Waals surface area contributed by atoms with E-state index in [9.17, 15) is 9.59 Å². The lowest BCUT2D eigenvalue weighted by Gasteiger charge is -2.35. The zero-order valence-electron chi connectivity index (χ0n) is 17.8. The average Bonchev–Trinajstić information content (AvgIpc) is 3.04. The van der Waals surface area contributed by atoms with Crippen LogP contribution in [0.25, 0.3) is 16.6 Å². The zero-order valence-corrected chi connectivity index (χ0v) is 18.6. The van der Waals surface area contributed by atoms with Crippen LogP contribution in [0.1, 0.15) is 31.1 Å². The van der Waals surface area contributed by atoms with E-state index in [1.165, 1.54) is 0 Å². The Morgan fingerprint density at radius 1 is 1.00 bits per heavy atom. The number of hydrogen-bond donors (Lipinski definition) is 0. The summed E-state index contributed by atoms with van der Waals surface area (Å²) in [5.74, 6) is -0.165. The molecule has 2 aromatic heterocycles. The van der Waals surface area contributed by atoms with Crippen molar-refractivity contribution < 1.29 is 14.3 Å². The first-order chi connectivity index (χ1) is 14.8. The Morgan fingerprint density at radius 3 is 2.29 bits per heavy atom. The number of rotatable bonds is 2. The van der Waals surface area contributed by atoms with Gasteiger partial charge in [0.05, 0.1) is 11.1 Å². The topological polar surface area (TPSA) is 67.7 Å². The van der Waals surface area contributed by atoms with Gasteiger partial charge >= 0.3 is 6.09 Å². The van der Waals surface area contributed by atoms with Crippen LogP contribution < -0.4 is 0 Å². The molecule has 0 spiro atoms. The van der Waals surface area contributed by atoms with Gasteiger partial charge in [0.25, 0.3) is 5.91 Å². The molecule has 1 aliphatic heterocycles. The number of carbonyl (C=O) groups is 2. The lowest BCUT2D eigenvalue weighted by molar-refractivity contribution is 0.0141. The Morgan fingerprint density at radius 2 is 1.65 bits per heavy atom. The summed E-state index contributed by atoms with van der Waals surface area (Å²) in [6, 6.07) is 11.5. The van der Waals surface area contributed by atoms with E-state index in [4.69, 9.17) is 16.3 Å². The lowest BCUT2D eigenvalue weighted by Crippen LogP contribution is -2.51. The number of halogens is 1. The van der Waals surface area contributed by atoms with Crippen molar-refractivity contribution in [3.8, 4) is 5.69 Å². The Kier molecular flexibility index (Phi) is 5.62. The van der Waals surface area contributed by atoms with Crippen LogP contribution in [0.4, 0.5) is 4.79 Å². The summed E-state index contributed by atoms with van der Waals surface area (Å²) >= 11 is 6.76. The molecule has 0 bridgehead atoms. The van der Waals surface area contributed by atoms with E-state index in [1.807, 2.05) is 61.7 Å². The molecular formula is C23H25ClN4O3. The number of amides is 2. The highest BCUT2D eigenvalue weighted by molar-refractivity contribution is 6.35. The minimum atomic E-state index is -0.552. The van der Waals surface area contributed by atoms with Gasteiger partial charge in [-0.05, 0) is 39.0 Å². The van der Waals surface area contributed by atoms with Gasteiger partial charge in [0.15, 0.2) is 0 Å². The Labute approximate surface area is 186 Å². The zero-order chi connectivity index (χ0) is 22.2. The first kappa shape index (κ1) is 21.2. The monoisotopic (exact) mass is 440 g/mol. The van der Waals surface area contributed by atoms with Gasteiger partial charge in [-0.3, -0.25) is 14.3 Å². The summed E-state index contributed by atoms with van der Waals surface area (Å²) in [7, 11) is 0. The largest absolute Gasteiger partial charge is 0.444 e. The fourth-order valence-electron chi connectivity index (χ4n) is 3.71. The van der Waals surface area contributed by atoms with Crippen molar-refractivity contribution in [1.82, 2.24) is 19.4 Å².